The molecule has 0 unspecified atom stereocenters. The number of aromatic nitrogens is 2. The molecule has 1 amide bonds. The molecule has 0 atom stereocenters. The van der Waals surface area contributed by atoms with Crippen LogP contribution in [0.2, 0.25) is 0 Å². The van der Waals surface area contributed by atoms with Crippen molar-refractivity contribution < 1.29 is 9.90 Å². The van der Waals surface area contributed by atoms with Gasteiger partial charge in [0.15, 0.2) is 5.69 Å². The molecule has 1 aliphatic heterocycles. The van der Waals surface area contributed by atoms with Gasteiger partial charge in [-0.2, -0.15) is 0 Å². The maximum absolute atomic E-state index is 12.6. The zero-order valence-electron chi connectivity index (χ0n) is 17.8. The first-order chi connectivity index (χ1) is 15.6. The van der Waals surface area contributed by atoms with Crippen molar-refractivity contribution in [1.82, 2.24) is 19.4 Å². The normalized spacial score (nSPS) is 15.8. The molecular weight excluding hydrogens is 404 g/mol. The number of carbonyl (C=O) groups excluding carboxylic acids is 1. The first-order valence-electron chi connectivity index (χ1n) is 10.6. The maximum atomic E-state index is 12.6. The number of para-hydroxylation sites is 2. The number of azo groups is 1. The van der Waals surface area contributed by atoms with Crippen molar-refractivity contribution in [3.8, 4) is 5.88 Å². The zero-order chi connectivity index (χ0) is 22.1. The van der Waals surface area contributed by atoms with Crippen LogP contribution in [-0.2, 0) is 6.67 Å². The largest absolute Gasteiger partial charge is 0.493 e. The summed E-state index contributed by atoms with van der Waals surface area (Å²) in [5, 5.41) is 20.7. The van der Waals surface area contributed by atoms with E-state index in [9.17, 15) is 9.90 Å². The molecule has 5 rings (SSSR count). The van der Waals surface area contributed by atoms with Crippen LogP contribution in [0.15, 0.2) is 70.9 Å². The number of aromatic hydroxyl groups is 1. The van der Waals surface area contributed by atoms with Gasteiger partial charge in [-0.05, 0) is 25.2 Å². The third kappa shape index (κ3) is 3.86. The monoisotopic (exact) mass is 428 g/mol. The van der Waals surface area contributed by atoms with Crippen LogP contribution in [0.1, 0.15) is 10.5 Å². The van der Waals surface area contributed by atoms with E-state index in [2.05, 4.69) is 32.1 Å². The summed E-state index contributed by atoms with van der Waals surface area (Å²) < 4.78 is 1.83. The molecule has 8 heteroatoms. The van der Waals surface area contributed by atoms with E-state index in [0.717, 1.165) is 48.0 Å². The van der Waals surface area contributed by atoms with E-state index < -0.39 is 5.91 Å². The van der Waals surface area contributed by atoms with Gasteiger partial charge in [-0.3, -0.25) is 14.3 Å². The third-order valence-corrected chi connectivity index (χ3v) is 5.91. The highest BCUT2D eigenvalue weighted by Crippen LogP contribution is 2.39. The van der Waals surface area contributed by atoms with Crippen molar-refractivity contribution in [3.05, 3.63) is 66.4 Å². The van der Waals surface area contributed by atoms with Crippen molar-refractivity contribution in [1.29, 1.82) is 0 Å². The molecule has 0 bridgehead atoms. The van der Waals surface area contributed by atoms with Gasteiger partial charge in [0, 0.05) is 37.0 Å². The number of hydrogen-bond donors (Lipinski definition) is 1. The fourth-order valence-corrected chi connectivity index (χ4v) is 4.03. The molecule has 1 fully saturated rings. The van der Waals surface area contributed by atoms with Gasteiger partial charge in [-0.25, -0.2) is 4.98 Å². The van der Waals surface area contributed by atoms with Crippen LogP contribution >= 0.6 is 0 Å². The number of benzene rings is 2. The number of nitrogens with zero attached hydrogens (tertiary/aromatic N) is 6. The van der Waals surface area contributed by atoms with Gasteiger partial charge in [-0.15, -0.1) is 10.2 Å². The van der Waals surface area contributed by atoms with Crippen LogP contribution in [0, 0.1) is 0 Å². The van der Waals surface area contributed by atoms with Crippen LogP contribution in [0.25, 0.3) is 21.8 Å². The van der Waals surface area contributed by atoms with Gasteiger partial charge in [0.05, 0.1) is 17.7 Å². The molecule has 32 heavy (non-hydrogen) atoms. The molecule has 1 N–H and O–H groups in total. The number of carbonyl (C=O) groups is 1. The Bertz CT molecular complexity index is 1320. The van der Waals surface area contributed by atoms with Crippen LogP contribution in [-0.4, -0.2) is 63.6 Å². The van der Waals surface area contributed by atoms with E-state index in [-0.39, 0.29) is 11.6 Å². The predicted molar refractivity (Wildman–Crippen MR) is 123 cm³/mol. The molecule has 2 aromatic heterocycles. The lowest BCUT2D eigenvalue weighted by atomic mass is 10.2. The molecule has 0 radical (unpaired) electrons. The van der Waals surface area contributed by atoms with Crippen LogP contribution in [0.4, 0.5) is 5.69 Å². The van der Waals surface area contributed by atoms with Crippen molar-refractivity contribution >= 4 is 33.4 Å². The minimum absolute atomic E-state index is 0.00755. The fraction of sp³-hybridized carbons (Fsp3) is 0.250. The van der Waals surface area contributed by atoms with Crippen molar-refractivity contribution in [3.63, 3.8) is 0 Å². The highest BCUT2D eigenvalue weighted by molar-refractivity contribution is 5.97. The first-order valence-corrected chi connectivity index (χ1v) is 10.6. The van der Waals surface area contributed by atoms with Crippen molar-refractivity contribution in [2.24, 2.45) is 10.2 Å². The Morgan fingerprint density at radius 3 is 2.59 bits per heavy atom. The zero-order valence-corrected chi connectivity index (χ0v) is 17.8. The quantitative estimate of drug-likeness (QED) is 0.496. The van der Waals surface area contributed by atoms with Gasteiger partial charge in [0.25, 0.3) is 0 Å². The summed E-state index contributed by atoms with van der Waals surface area (Å²) in [7, 11) is 2.11. The van der Waals surface area contributed by atoms with E-state index >= 15 is 0 Å². The number of rotatable bonds is 4. The summed E-state index contributed by atoms with van der Waals surface area (Å²) >= 11 is 0. The van der Waals surface area contributed by atoms with E-state index in [4.69, 9.17) is 0 Å². The summed E-state index contributed by atoms with van der Waals surface area (Å²) in [4.78, 5) is 21.6. The molecule has 1 aliphatic rings. The predicted octanol–water partition coefficient (Wildman–Crippen LogP) is 4.02. The highest BCUT2D eigenvalue weighted by Gasteiger charge is 2.21. The third-order valence-electron chi connectivity index (χ3n) is 5.91. The minimum atomic E-state index is -0.550. The lowest BCUT2D eigenvalue weighted by molar-refractivity contribution is 0.0990. The summed E-state index contributed by atoms with van der Waals surface area (Å²) in [6.45, 7) is 4.37. The second kappa shape index (κ2) is 8.49. The first kappa shape index (κ1) is 20.3. The lowest BCUT2D eigenvalue weighted by Gasteiger charge is -2.32. The molecule has 2 aromatic carbocycles. The van der Waals surface area contributed by atoms with Crippen molar-refractivity contribution in [2.45, 2.75) is 6.67 Å². The van der Waals surface area contributed by atoms with Gasteiger partial charge in [0.1, 0.15) is 5.69 Å². The van der Waals surface area contributed by atoms with Crippen LogP contribution < -0.4 is 0 Å². The molecule has 4 aromatic rings. The minimum Gasteiger partial charge on any atom is -0.493 e. The summed E-state index contributed by atoms with van der Waals surface area (Å²) in [5.74, 6) is -0.542. The average Bonchev–Trinajstić information content (AvgIpc) is 3.09. The topological polar surface area (TPSA) is 86.3 Å². The fourth-order valence-electron chi connectivity index (χ4n) is 4.03. The van der Waals surface area contributed by atoms with Crippen LogP contribution in [0.5, 0.6) is 5.88 Å². The summed E-state index contributed by atoms with van der Waals surface area (Å²) in [5.41, 5.74) is 2.09. The Hall–Kier alpha value is -3.62. The van der Waals surface area contributed by atoms with E-state index in [1.807, 2.05) is 59.2 Å². The summed E-state index contributed by atoms with van der Waals surface area (Å²) in [6, 6.07) is 18.7. The van der Waals surface area contributed by atoms with E-state index in [1.165, 1.54) is 0 Å². The van der Waals surface area contributed by atoms with Gasteiger partial charge in [0.2, 0.25) is 5.88 Å². The molecular formula is C24H24N6O2. The second-order valence-electron chi connectivity index (χ2n) is 8.07. The smallest absolute Gasteiger partial charge is 0.313 e. The van der Waals surface area contributed by atoms with Crippen LogP contribution in [0.3, 0.4) is 0 Å². The summed E-state index contributed by atoms with van der Waals surface area (Å²) in [6.07, 6.45) is 0. The number of piperazine rings is 1. The molecule has 3 heterocycles. The molecule has 0 saturated carbocycles. The lowest BCUT2D eigenvalue weighted by Crippen LogP contribution is -2.44. The van der Waals surface area contributed by atoms with Gasteiger partial charge < -0.3 is 10.0 Å². The number of pyridine rings is 1. The highest BCUT2D eigenvalue weighted by atomic mass is 16.3. The van der Waals surface area contributed by atoms with E-state index in [0.29, 0.717) is 12.4 Å². The molecule has 1 saturated heterocycles. The van der Waals surface area contributed by atoms with Gasteiger partial charge in [-0.1, -0.05) is 42.5 Å². The molecule has 162 valence electrons. The standard InChI is InChI=1S/C24H24N6O2/c1-28-12-14-29(15-13-28)16-30-21-9-5-3-7-18(21)22(24(30)32)26-27-23(31)20-11-10-17-6-2-4-8-19(17)25-20/h2-11,32H,12-16H2,1H3. The average molecular weight is 428 g/mol. The van der Waals surface area contributed by atoms with E-state index in [1.54, 1.807) is 6.07 Å². The maximum Gasteiger partial charge on any atom is 0.313 e. The Labute approximate surface area is 185 Å². The number of amides is 1. The molecule has 0 spiro atoms. The number of fused-ring (bicyclic) bond motifs is 2. The molecule has 8 nitrogen and oxygen atoms in total. The SMILES string of the molecule is CN1CCN(Cn2c(O)c(N=NC(=O)c3ccc4ccccc4n3)c3ccccc32)CC1. The molecule has 0 aliphatic carbocycles. The Morgan fingerprint density at radius 2 is 1.75 bits per heavy atom. The second-order valence-corrected chi connectivity index (χ2v) is 8.07. The Kier molecular flexibility index (Phi) is 5.38. The Morgan fingerprint density at radius 1 is 1.00 bits per heavy atom. The number of hydrogen-bond acceptors (Lipinski definition) is 6. The van der Waals surface area contributed by atoms with Crippen molar-refractivity contribution in [2.75, 3.05) is 33.2 Å². The van der Waals surface area contributed by atoms with Gasteiger partial charge >= 0.3 is 5.91 Å². The Balaban J connectivity index is 1.45. The number of likely N-dealkylation sites (N-methyl/N-ethyl adjacent to an activating group) is 1.